The highest BCUT2D eigenvalue weighted by Crippen LogP contribution is 2.30. The average molecular weight is 286 g/mol. The minimum atomic E-state index is -0.424. The number of aliphatic hydroxyl groups is 1. The van der Waals surface area contributed by atoms with Crippen molar-refractivity contribution in [2.24, 2.45) is 0 Å². The van der Waals surface area contributed by atoms with Gasteiger partial charge in [0.2, 0.25) is 0 Å². The van der Waals surface area contributed by atoms with Gasteiger partial charge < -0.3 is 15.0 Å². The predicted molar refractivity (Wildman–Crippen MR) is 83.4 cm³/mol. The van der Waals surface area contributed by atoms with Gasteiger partial charge in [-0.15, -0.1) is 0 Å². The quantitative estimate of drug-likeness (QED) is 0.908. The van der Waals surface area contributed by atoms with Gasteiger partial charge in [-0.2, -0.15) is 0 Å². The van der Waals surface area contributed by atoms with E-state index >= 15 is 0 Å². The molecular weight excluding hydrogens is 264 g/mol. The van der Waals surface area contributed by atoms with Crippen LogP contribution < -0.4 is 5.32 Å². The van der Waals surface area contributed by atoms with Gasteiger partial charge in [-0.05, 0) is 25.8 Å². The van der Waals surface area contributed by atoms with Crippen LogP contribution in [0.1, 0.15) is 43.0 Å². The summed E-state index contributed by atoms with van der Waals surface area (Å²) >= 11 is 0. The Bertz CT molecular complexity index is 654. The molecule has 1 aromatic carbocycles. The van der Waals surface area contributed by atoms with E-state index in [2.05, 4.69) is 16.8 Å². The van der Waals surface area contributed by atoms with Gasteiger partial charge in [-0.25, -0.2) is 0 Å². The maximum Gasteiger partial charge on any atom is 0.253 e. The maximum atomic E-state index is 12.7. The zero-order valence-corrected chi connectivity index (χ0v) is 12.4. The summed E-state index contributed by atoms with van der Waals surface area (Å²) in [6.45, 7) is 2.92. The highest BCUT2D eigenvalue weighted by atomic mass is 16.3. The number of carbonyl (C=O) groups excluding carboxylic acids is 1. The van der Waals surface area contributed by atoms with Crippen LogP contribution in [0, 0.1) is 0 Å². The van der Waals surface area contributed by atoms with E-state index in [0.717, 1.165) is 43.1 Å². The van der Waals surface area contributed by atoms with Crippen molar-refractivity contribution in [1.82, 2.24) is 9.88 Å². The highest BCUT2D eigenvalue weighted by Gasteiger charge is 2.35. The molecule has 1 aliphatic rings. The number of carbonyl (C=O) groups is 1. The summed E-state index contributed by atoms with van der Waals surface area (Å²) in [4.78, 5) is 12.7. The molecule has 0 unspecified atom stereocenters. The molecule has 1 aliphatic carbocycles. The molecule has 21 heavy (non-hydrogen) atoms. The summed E-state index contributed by atoms with van der Waals surface area (Å²) in [5.41, 5.74) is 1.36. The van der Waals surface area contributed by atoms with E-state index in [1.54, 1.807) is 0 Å². The summed E-state index contributed by atoms with van der Waals surface area (Å²) in [5, 5.41) is 13.7. The fraction of sp³-hybridized carbons (Fsp3) is 0.471. The van der Waals surface area contributed by atoms with Crippen molar-refractivity contribution in [1.29, 1.82) is 0 Å². The number of hydrogen-bond donors (Lipinski definition) is 2. The second kappa shape index (κ2) is 5.53. The van der Waals surface area contributed by atoms with Gasteiger partial charge in [0.15, 0.2) is 0 Å². The first kappa shape index (κ1) is 14.1. The van der Waals surface area contributed by atoms with Crippen LogP contribution >= 0.6 is 0 Å². The molecule has 2 N–H and O–H groups in total. The Morgan fingerprint density at radius 1 is 1.33 bits per heavy atom. The van der Waals surface area contributed by atoms with Crippen molar-refractivity contribution in [2.45, 2.75) is 44.7 Å². The molecule has 4 heteroatoms. The normalized spacial score (nSPS) is 17.2. The van der Waals surface area contributed by atoms with Crippen molar-refractivity contribution in [3.05, 3.63) is 36.0 Å². The molecule has 0 spiro atoms. The largest absolute Gasteiger partial charge is 0.394 e. The van der Waals surface area contributed by atoms with Crippen LogP contribution in [0.15, 0.2) is 30.5 Å². The second-order valence-corrected chi connectivity index (χ2v) is 5.95. The third-order valence-electron chi connectivity index (χ3n) is 4.62. The summed E-state index contributed by atoms with van der Waals surface area (Å²) in [6, 6.07) is 7.96. The number of fused-ring (bicyclic) bond motifs is 1. The van der Waals surface area contributed by atoms with E-state index in [1.165, 1.54) is 0 Å². The first-order chi connectivity index (χ1) is 10.2. The van der Waals surface area contributed by atoms with E-state index < -0.39 is 5.54 Å². The third-order valence-corrected chi connectivity index (χ3v) is 4.62. The van der Waals surface area contributed by atoms with Gasteiger partial charge in [0, 0.05) is 23.6 Å². The molecule has 1 aromatic heterocycles. The van der Waals surface area contributed by atoms with E-state index in [-0.39, 0.29) is 12.5 Å². The van der Waals surface area contributed by atoms with E-state index in [0.29, 0.717) is 5.56 Å². The number of amides is 1. The number of aromatic nitrogens is 1. The molecule has 112 valence electrons. The molecule has 3 rings (SSSR count). The molecular formula is C17H22N2O2. The van der Waals surface area contributed by atoms with E-state index in [4.69, 9.17) is 0 Å². The van der Waals surface area contributed by atoms with Gasteiger partial charge in [0.1, 0.15) is 0 Å². The van der Waals surface area contributed by atoms with Gasteiger partial charge >= 0.3 is 0 Å². The maximum absolute atomic E-state index is 12.7. The third kappa shape index (κ3) is 2.44. The lowest BCUT2D eigenvalue weighted by atomic mass is 9.98. The van der Waals surface area contributed by atoms with Crippen LogP contribution in [0.3, 0.4) is 0 Å². The minimum Gasteiger partial charge on any atom is -0.394 e. The van der Waals surface area contributed by atoms with Crippen LogP contribution in [0.5, 0.6) is 0 Å². The highest BCUT2D eigenvalue weighted by molar-refractivity contribution is 6.07. The van der Waals surface area contributed by atoms with Crippen molar-refractivity contribution in [3.8, 4) is 0 Å². The van der Waals surface area contributed by atoms with Crippen LogP contribution in [-0.4, -0.2) is 27.7 Å². The lowest BCUT2D eigenvalue weighted by Crippen LogP contribution is -2.49. The SMILES string of the molecule is CCn1cc(C(=O)NC2(CO)CCCC2)c2ccccc21. The number of aryl methyl sites for hydroxylation is 1. The molecule has 4 nitrogen and oxygen atoms in total. The van der Waals surface area contributed by atoms with Gasteiger partial charge in [-0.3, -0.25) is 4.79 Å². The Kier molecular flexibility index (Phi) is 3.72. The number of nitrogens with one attached hydrogen (secondary N) is 1. The Morgan fingerprint density at radius 2 is 2.05 bits per heavy atom. The number of benzene rings is 1. The molecule has 1 amide bonds. The van der Waals surface area contributed by atoms with Gasteiger partial charge in [0.25, 0.3) is 5.91 Å². The van der Waals surface area contributed by atoms with Gasteiger partial charge in [0.05, 0.1) is 17.7 Å². The first-order valence-electron chi connectivity index (χ1n) is 7.70. The molecule has 0 radical (unpaired) electrons. The van der Waals surface area contributed by atoms with Crippen LogP contribution in [0.25, 0.3) is 10.9 Å². The van der Waals surface area contributed by atoms with Gasteiger partial charge in [-0.1, -0.05) is 31.0 Å². The molecule has 0 saturated heterocycles. The Balaban J connectivity index is 1.95. The first-order valence-corrected chi connectivity index (χ1v) is 7.70. The molecule has 0 aliphatic heterocycles. The van der Waals surface area contributed by atoms with Crippen LogP contribution in [0.2, 0.25) is 0 Å². The van der Waals surface area contributed by atoms with Crippen LogP contribution in [-0.2, 0) is 6.54 Å². The standard InChI is InChI=1S/C17H22N2O2/c1-2-19-11-14(13-7-3-4-8-15(13)19)16(21)18-17(12-20)9-5-6-10-17/h3-4,7-8,11,20H,2,5-6,9-10,12H2,1H3,(H,18,21). The number of aliphatic hydroxyl groups excluding tert-OH is 1. The smallest absolute Gasteiger partial charge is 0.253 e. The summed E-state index contributed by atoms with van der Waals surface area (Å²) in [5.74, 6) is -0.0747. The fourth-order valence-corrected chi connectivity index (χ4v) is 3.37. The average Bonchev–Trinajstić information content (AvgIpc) is 3.12. The molecule has 0 atom stereocenters. The summed E-state index contributed by atoms with van der Waals surface area (Å²) in [6.07, 6.45) is 5.78. The topological polar surface area (TPSA) is 54.3 Å². The van der Waals surface area contributed by atoms with Crippen LogP contribution in [0.4, 0.5) is 0 Å². The second-order valence-electron chi connectivity index (χ2n) is 5.95. The van der Waals surface area contributed by atoms with E-state index in [1.807, 2.05) is 30.5 Å². The monoisotopic (exact) mass is 286 g/mol. The lowest BCUT2D eigenvalue weighted by molar-refractivity contribution is 0.0840. The number of rotatable bonds is 4. The molecule has 1 fully saturated rings. The zero-order valence-electron chi connectivity index (χ0n) is 12.4. The molecule has 1 heterocycles. The Labute approximate surface area is 124 Å². The zero-order chi connectivity index (χ0) is 14.9. The molecule has 0 bridgehead atoms. The number of hydrogen-bond acceptors (Lipinski definition) is 2. The summed E-state index contributed by atoms with van der Waals surface area (Å²) < 4.78 is 2.09. The van der Waals surface area contributed by atoms with Crippen molar-refractivity contribution < 1.29 is 9.90 Å². The Morgan fingerprint density at radius 3 is 2.71 bits per heavy atom. The fourth-order valence-electron chi connectivity index (χ4n) is 3.37. The van der Waals surface area contributed by atoms with Crippen molar-refractivity contribution >= 4 is 16.8 Å². The molecule has 2 aromatic rings. The predicted octanol–water partition coefficient (Wildman–Crippen LogP) is 2.70. The van der Waals surface area contributed by atoms with Crippen molar-refractivity contribution in [3.63, 3.8) is 0 Å². The minimum absolute atomic E-state index is 0.0190. The van der Waals surface area contributed by atoms with Crippen molar-refractivity contribution in [2.75, 3.05) is 6.61 Å². The van der Waals surface area contributed by atoms with E-state index in [9.17, 15) is 9.90 Å². The summed E-state index contributed by atoms with van der Waals surface area (Å²) in [7, 11) is 0. The number of nitrogens with zero attached hydrogens (tertiary/aromatic N) is 1. The number of para-hydroxylation sites is 1. The molecule has 1 saturated carbocycles. The lowest BCUT2D eigenvalue weighted by Gasteiger charge is -2.27. The Hall–Kier alpha value is -1.81.